The molecule has 10 heteroatoms. The zero-order valence-electron chi connectivity index (χ0n) is 16.7. The van der Waals surface area contributed by atoms with Gasteiger partial charge in [-0.1, -0.05) is 23.7 Å². The van der Waals surface area contributed by atoms with Gasteiger partial charge in [-0.3, -0.25) is 9.48 Å². The van der Waals surface area contributed by atoms with E-state index in [1.54, 1.807) is 11.7 Å². The Morgan fingerprint density at radius 1 is 1.59 bits per heavy atom. The molecule has 4 heterocycles. The lowest BCUT2D eigenvalue weighted by molar-refractivity contribution is -0.129. The van der Waals surface area contributed by atoms with E-state index in [4.69, 9.17) is 16.3 Å². The molecule has 2 aliphatic rings. The number of aliphatic hydroxyl groups excluding tert-OH is 1. The standard InChI is InChI=1S/C19H26ClN5O3S/c1-10(18(27)21-3)7-25-8-14(23-24-25)13-6-19(5-11(2)22-13)17-12(4-16(20)29-17)15(26)9-28-19/h4,8,10-11,13,15,22,26H,5-7,9H2,1-3H3,(H,21,27)/t10?,11-,13-,15+,19-/m0/s1. The molecular formula is C19H26ClN5O3S. The first kappa shape index (κ1) is 20.7. The van der Waals surface area contributed by atoms with E-state index in [1.165, 1.54) is 11.3 Å². The summed E-state index contributed by atoms with van der Waals surface area (Å²) in [7, 11) is 1.63. The lowest BCUT2D eigenvalue weighted by atomic mass is 9.79. The summed E-state index contributed by atoms with van der Waals surface area (Å²) in [6.45, 7) is 4.71. The molecule has 0 aliphatic carbocycles. The molecule has 1 fully saturated rings. The number of thiophene rings is 1. The van der Waals surface area contributed by atoms with Gasteiger partial charge >= 0.3 is 0 Å². The second-order valence-corrected chi connectivity index (χ2v) is 9.75. The maximum atomic E-state index is 11.8. The summed E-state index contributed by atoms with van der Waals surface area (Å²) in [4.78, 5) is 12.8. The number of aliphatic hydroxyl groups is 1. The Labute approximate surface area is 178 Å². The molecule has 1 saturated heterocycles. The normalized spacial score (nSPS) is 30.2. The highest BCUT2D eigenvalue weighted by Gasteiger charge is 2.48. The van der Waals surface area contributed by atoms with E-state index in [1.807, 2.05) is 19.2 Å². The minimum Gasteiger partial charge on any atom is -0.386 e. The molecule has 0 aromatic carbocycles. The number of ether oxygens (including phenoxy) is 1. The third-order valence-corrected chi connectivity index (χ3v) is 7.21. The van der Waals surface area contributed by atoms with Crippen LogP contribution in [-0.4, -0.2) is 45.7 Å². The van der Waals surface area contributed by atoms with Crippen LogP contribution < -0.4 is 10.6 Å². The average Bonchev–Trinajstić information content (AvgIpc) is 3.31. The van der Waals surface area contributed by atoms with Crippen molar-refractivity contribution >= 4 is 28.8 Å². The van der Waals surface area contributed by atoms with E-state index < -0.39 is 11.7 Å². The van der Waals surface area contributed by atoms with Crippen molar-refractivity contribution in [2.75, 3.05) is 13.7 Å². The van der Waals surface area contributed by atoms with Crippen LogP contribution in [-0.2, 0) is 21.7 Å². The molecule has 1 unspecified atom stereocenters. The van der Waals surface area contributed by atoms with Gasteiger partial charge in [0, 0.05) is 30.0 Å². The van der Waals surface area contributed by atoms with E-state index in [0.29, 0.717) is 17.3 Å². The predicted molar refractivity (Wildman–Crippen MR) is 110 cm³/mol. The van der Waals surface area contributed by atoms with Crippen molar-refractivity contribution in [2.45, 2.75) is 57.0 Å². The van der Waals surface area contributed by atoms with Gasteiger partial charge in [0.2, 0.25) is 5.91 Å². The molecule has 2 aromatic heterocycles. The van der Waals surface area contributed by atoms with Crippen LogP contribution in [0.2, 0.25) is 4.34 Å². The zero-order valence-corrected chi connectivity index (χ0v) is 18.3. The first-order valence-corrected chi connectivity index (χ1v) is 11.0. The average molecular weight is 440 g/mol. The monoisotopic (exact) mass is 439 g/mol. The zero-order chi connectivity index (χ0) is 20.8. The highest BCUT2D eigenvalue weighted by molar-refractivity contribution is 7.16. The predicted octanol–water partition coefficient (Wildman–Crippen LogP) is 2.15. The number of aromatic nitrogens is 3. The summed E-state index contributed by atoms with van der Waals surface area (Å²) < 4.78 is 8.62. The highest BCUT2D eigenvalue weighted by Crippen LogP contribution is 2.51. The number of carbonyl (C=O) groups excluding carboxylic acids is 1. The highest BCUT2D eigenvalue weighted by atomic mass is 35.5. The van der Waals surface area contributed by atoms with Crippen LogP contribution in [0.25, 0.3) is 0 Å². The minimum absolute atomic E-state index is 0.0262. The summed E-state index contributed by atoms with van der Waals surface area (Å²) in [5, 5.41) is 25.2. The van der Waals surface area contributed by atoms with Gasteiger partial charge in [-0.25, -0.2) is 0 Å². The molecule has 8 nitrogen and oxygen atoms in total. The lowest BCUT2D eigenvalue weighted by Crippen LogP contribution is -2.50. The van der Waals surface area contributed by atoms with Crippen molar-refractivity contribution in [3.63, 3.8) is 0 Å². The molecule has 0 bridgehead atoms. The first-order chi connectivity index (χ1) is 13.8. The number of rotatable bonds is 4. The van der Waals surface area contributed by atoms with Crippen molar-refractivity contribution in [3.8, 4) is 0 Å². The first-order valence-electron chi connectivity index (χ1n) is 9.80. The second-order valence-electron chi connectivity index (χ2n) is 8.07. The lowest BCUT2D eigenvalue weighted by Gasteiger charge is -2.46. The van der Waals surface area contributed by atoms with Crippen LogP contribution in [0.15, 0.2) is 12.3 Å². The molecule has 0 radical (unpaired) electrons. The number of fused-ring (bicyclic) bond motifs is 2. The number of carbonyl (C=O) groups is 1. The Bertz CT molecular complexity index is 902. The van der Waals surface area contributed by atoms with Crippen LogP contribution in [0, 0.1) is 5.92 Å². The number of nitrogens with one attached hydrogen (secondary N) is 2. The van der Waals surface area contributed by atoms with Gasteiger partial charge in [-0.05, 0) is 19.4 Å². The van der Waals surface area contributed by atoms with E-state index in [0.717, 1.165) is 22.6 Å². The quantitative estimate of drug-likeness (QED) is 0.674. The van der Waals surface area contributed by atoms with Crippen LogP contribution in [0.1, 0.15) is 55.0 Å². The van der Waals surface area contributed by atoms with E-state index in [-0.39, 0.29) is 30.5 Å². The third kappa shape index (κ3) is 3.94. The number of piperidine rings is 1. The van der Waals surface area contributed by atoms with Gasteiger partial charge in [-0.15, -0.1) is 16.4 Å². The molecular weight excluding hydrogens is 414 g/mol. The summed E-state index contributed by atoms with van der Waals surface area (Å²) in [6, 6.07) is 1.99. The van der Waals surface area contributed by atoms with Crippen molar-refractivity contribution in [2.24, 2.45) is 5.92 Å². The SMILES string of the molecule is CNC(=O)C(C)Cn1cc([C@@H]2C[C@]3(C[C@H](C)N2)OC[C@@H](O)c2cc(Cl)sc23)nn1. The summed E-state index contributed by atoms with van der Waals surface area (Å²) in [6.07, 6.45) is 2.72. The van der Waals surface area contributed by atoms with Crippen molar-refractivity contribution in [1.29, 1.82) is 0 Å². The van der Waals surface area contributed by atoms with E-state index in [2.05, 4.69) is 27.9 Å². The summed E-state index contributed by atoms with van der Waals surface area (Å²) in [5.41, 5.74) is 1.20. The van der Waals surface area contributed by atoms with Crippen LogP contribution in [0.3, 0.4) is 0 Å². The van der Waals surface area contributed by atoms with Gasteiger partial charge in [0.1, 0.15) is 11.7 Å². The second kappa shape index (κ2) is 7.96. The fraction of sp³-hybridized carbons (Fsp3) is 0.632. The van der Waals surface area contributed by atoms with Gasteiger partial charge in [0.25, 0.3) is 0 Å². The number of halogens is 1. The Balaban J connectivity index is 1.58. The topological polar surface area (TPSA) is 101 Å². The Kier molecular flexibility index (Phi) is 5.69. The maximum Gasteiger partial charge on any atom is 0.224 e. The van der Waals surface area contributed by atoms with E-state index >= 15 is 0 Å². The van der Waals surface area contributed by atoms with Gasteiger partial charge < -0.3 is 20.5 Å². The largest absolute Gasteiger partial charge is 0.386 e. The number of nitrogens with zero attached hydrogens (tertiary/aromatic N) is 3. The molecule has 0 saturated carbocycles. The fourth-order valence-electron chi connectivity index (χ4n) is 4.41. The van der Waals surface area contributed by atoms with Gasteiger partial charge in [0.05, 0.1) is 41.3 Å². The molecule has 4 rings (SSSR count). The maximum absolute atomic E-state index is 11.8. The number of amides is 1. The van der Waals surface area contributed by atoms with Crippen molar-refractivity contribution in [1.82, 2.24) is 25.6 Å². The summed E-state index contributed by atoms with van der Waals surface area (Å²) in [5.74, 6) is -0.222. The van der Waals surface area contributed by atoms with E-state index in [9.17, 15) is 9.90 Å². The Morgan fingerprint density at radius 3 is 3.14 bits per heavy atom. The molecule has 2 aliphatic heterocycles. The summed E-state index contributed by atoms with van der Waals surface area (Å²) >= 11 is 7.76. The van der Waals surface area contributed by atoms with Gasteiger partial charge in [0.15, 0.2) is 0 Å². The Hall–Kier alpha value is -1.52. The smallest absolute Gasteiger partial charge is 0.224 e. The minimum atomic E-state index is -0.643. The van der Waals surface area contributed by atoms with Crippen LogP contribution >= 0.6 is 22.9 Å². The van der Waals surface area contributed by atoms with Crippen LogP contribution in [0.5, 0.6) is 0 Å². The Morgan fingerprint density at radius 2 is 2.38 bits per heavy atom. The molecule has 3 N–H and O–H groups in total. The molecule has 2 aromatic rings. The van der Waals surface area contributed by atoms with Gasteiger partial charge in [-0.2, -0.15) is 0 Å². The number of hydrogen-bond donors (Lipinski definition) is 3. The fourth-order valence-corrected chi connectivity index (χ4v) is 5.86. The van der Waals surface area contributed by atoms with Crippen LogP contribution in [0.4, 0.5) is 0 Å². The molecule has 5 atom stereocenters. The molecule has 1 spiro atoms. The molecule has 158 valence electrons. The molecule has 1 amide bonds. The molecule has 29 heavy (non-hydrogen) atoms. The third-order valence-electron chi connectivity index (χ3n) is 5.74. The van der Waals surface area contributed by atoms with Crippen molar-refractivity contribution < 1.29 is 14.6 Å². The number of hydrogen-bond acceptors (Lipinski definition) is 7. The van der Waals surface area contributed by atoms with Crippen molar-refractivity contribution in [3.05, 3.63) is 32.7 Å².